The van der Waals surface area contributed by atoms with E-state index in [0.717, 1.165) is 37.0 Å². The Kier molecular flexibility index (Phi) is 4.56. The number of hydrogen-bond donors (Lipinski definition) is 3. The lowest BCUT2D eigenvalue weighted by atomic mass is 9.49. The van der Waals surface area contributed by atoms with Gasteiger partial charge in [-0.3, -0.25) is 25.0 Å². The van der Waals surface area contributed by atoms with Crippen molar-refractivity contribution in [1.82, 2.24) is 25.5 Å². The van der Waals surface area contributed by atoms with Gasteiger partial charge in [0.1, 0.15) is 5.69 Å². The number of H-pyrrole nitrogens is 1. The van der Waals surface area contributed by atoms with Crippen LogP contribution in [-0.2, 0) is 9.59 Å². The van der Waals surface area contributed by atoms with Gasteiger partial charge < -0.3 is 5.32 Å². The summed E-state index contributed by atoms with van der Waals surface area (Å²) < 4.78 is 0. The maximum atomic E-state index is 12.9. The monoisotopic (exact) mass is 394 g/mol. The highest BCUT2D eigenvalue weighted by Crippen LogP contribution is 2.60. The van der Waals surface area contributed by atoms with E-state index in [9.17, 15) is 9.59 Å². The first-order chi connectivity index (χ1) is 14.1. The van der Waals surface area contributed by atoms with Crippen molar-refractivity contribution in [3.05, 3.63) is 24.4 Å². The standard InChI is InChI=1S/C21H26N6O2/c28-17(24-20-25-18(26-27-20)16-3-1-2-5-22-16)4-6-23-19(29)21-10-13-7-14(11-21)9-15(8-13)12-21/h1-3,5,13-15H,4,6-12H2,(H,23,29)(H2,24,25,26,27,28). The molecule has 0 aliphatic heterocycles. The molecule has 4 saturated carbocycles. The lowest BCUT2D eigenvalue weighted by Crippen LogP contribution is -2.53. The van der Waals surface area contributed by atoms with Crippen LogP contribution in [0, 0.1) is 23.2 Å². The molecule has 2 heterocycles. The Labute approximate surface area is 169 Å². The van der Waals surface area contributed by atoms with Gasteiger partial charge in [-0.25, -0.2) is 0 Å². The highest BCUT2D eigenvalue weighted by Gasteiger charge is 2.54. The molecule has 2 amide bonds. The minimum Gasteiger partial charge on any atom is -0.355 e. The van der Waals surface area contributed by atoms with Crippen LogP contribution in [0.3, 0.4) is 0 Å². The Hall–Kier alpha value is -2.77. The van der Waals surface area contributed by atoms with Crippen LogP contribution in [0.15, 0.2) is 24.4 Å². The fraction of sp³-hybridized carbons (Fsp3) is 0.571. The number of nitrogens with one attached hydrogen (secondary N) is 3. The molecule has 0 spiro atoms. The molecule has 8 nitrogen and oxygen atoms in total. The predicted molar refractivity (Wildman–Crippen MR) is 106 cm³/mol. The van der Waals surface area contributed by atoms with E-state index in [-0.39, 0.29) is 29.6 Å². The van der Waals surface area contributed by atoms with E-state index in [4.69, 9.17) is 0 Å². The van der Waals surface area contributed by atoms with Gasteiger partial charge in [-0.15, -0.1) is 5.10 Å². The molecule has 4 fully saturated rings. The number of nitrogens with zero attached hydrogens (tertiary/aromatic N) is 3. The first kappa shape index (κ1) is 18.3. The zero-order valence-electron chi connectivity index (χ0n) is 16.4. The van der Waals surface area contributed by atoms with Crippen LogP contribution in [0.25, 0.3) is 11.5 Å². The summed E-state index contributed by atoms with van der Waals surface area (Å²) in [5.41, 5.74) is 0.482. The molecule has 0 saturated heterocycles. The van der Waals surface area contributed by atoms with Gasteiger partial charge in [0.25, 0.3) is 0 Å². The van der Waals surface area contributed by atoms with Gasteiger partial charge in [0.2, 0.25) is 17.8 Å². The average Bonchev–Trinajstić information content (AvgIpc) is 3.16. The van der Waals surface area contributed by atoms with E-state index < -0.39 is 0 Å². The highest BCUT2D eigenvalue weighted by molar-refractivity contribution is 5.90. The van der Waals surface area contributed by atoms with Crippen molar-refractivity contribution in [1.29, 1.82) is 0 Å². The van der Waals surface area contributed by atoms with E-state index in [1.54, 1.807) is 6.20 Å². The summed E-state index contributed by atoms with van der Waals surface area (Å²) in [6.07, 6.45) is 8.90. The van der Waals surface area contributed by atoms with Crippen molar-refractivity contribution >= 4 is 17.8 Å². The van der Waals surface area contributed by atoms with Crippen LogP contribution >= 0.6 is 0 Å². The number of hydrogen-bond acceptors (Lipinski definition) is 5. The Morgan fingerprint density at radius 2 is 1.83 bits per heavy atom. The molecule has 8 heteroatoms. The minimum atomic E-state index is -0.220. The zero-order chi connectivity index (χ0) is 19.8. The zero-order valence-corrected chi connectivity index (χ0v) is 16.4. The van der Waals surface area contributed by atoms with Crippen LogP contribution in [0.2, 0.25) is 0 Å². The average molecular weight is 394 g/mol. The smallest absolute Gasteiger partial charge is 0.249 e. The fourth-order valence-electron chi connectivity index (χ4n) is 5.99. The minimum absolute atomic E-state index is 0.153. The van der Waals surface area contributed by atoms with Crippen LogP contribution in [0.4, 0.5) is 5.95 Å². The third kappa shape index (κ3) is 3.63. The molecule has 29 heavy (non-hydrogen) atoms. The molecule has 3 N–H and O–H groups in total. The van der Waals surface area contributed by atoms with E-state index >= 15 is 0 Å². The van der Waals surface area contributed by atoms with Crippen LogP contribution in [0.5, 0.6) is 0 Å². The van der Waals surface area contributed by atoms with Gasteiger partial charge in [0, 0.05) is 24.6 Å². The summed E-state index contributed by atoms with van der Waals surface area (Å²) >= 11 is 0. The molecule has 0 radical (unpaired) electrons. The topological polar surface area (TPSA) is 113 Å². The molecule has 6 rings (SSSR count). The fourth-order valence-corrected chi connectivity index (χ4v) is 5.99. The molecule has 2 aromatic heterocycles. The van der Waals surface area contributed by atoms with Crippen molar-refractivity contribution in [2.24, 2.45) is 23.2 Å². The third-order valence-corrected chi connectivity index (χ3v) is 6.80. The number of amides is 2. The normalized spacial score (nSPS) is 29.6. The van der Waals surface area contributed by atoms with E-state index in [0.29, 0.717) is 18.1 Å². The summed E-state index contributed by atoms with van der Waals surface area (Å²) in [5, 5.41) is 12.5. The van der Waals surface area contributed by atoms with Crippen LogP contribution in [-0.4, -0.2) is 38.5 Å². The Morgan fingerprint density at radius 3 is 2.48 bits per heavy atom. The van der Waals surface area contributed by atoms with Gasteiger partial charge in [0.15, 0.2) is 5.82 Å². The second-order valence-corrected chi connectivity index (χ2v) is 8.97. The van der Waals surface area contributed by atoms with Gasteiger partial charge in [0.05, 0.1) is 0 Å². The number of pyridine rings is 1. The second-order valence-electron chi connectivity index (χ2n) is 8.97. The molecular formula is C21H26N6O2. The van der Waals surface area contributed by atoms with E-state index in [1.807, 2.05) is 18.2 Å². The second kappa shape index (κ2) is 7.24. The summed E-state index contributed by atoms with van der Waals surface area (Å²) in [7, 11) is 0. The maximum absolute atomic E-state index is 12.9. The molecule has 0 aromatic carbocycles. The summed E-state index contributed by atoms with van der Waals surface area (Å²) in [4.78, 5) is 33.6. The van der Waals surface area contributed by atoms with Gasteiger partial charge in [-0.1, -0.05) is 6.07 Å². The van der Waals surface area contributed by atoms with Crippen molar-refractivity contribution in [3.8, 4) is 11.5 Å². The molecule has 0 unspecified atom stereocenters. The molecule has 152 valence electrons. The van der Waals surface area contributed by atoms with Crippen molar-refractivity contribution in [2.75, 3.05) is 11.9 Å². The number of carbonyl (C=O) groups excluding carboxylic acids is 2. The Balaban J connectivity index is 1.11. The van der Waals surface area contributed by atoms with Gasteiger partial charge >= 0.3 is 0 Å². The SMILES string of the molecule is O=C(CCNC(=O)C12CC3CC(CC(C3)C1)C2)Nc1n[nH]c(-c2ccccn2)n1. The molecule has 0 atom stereocenters. The lowest BCUT2D eigenvalue weighted by Gasteiger charge is -2.55. The van der Waals surface area contributed by atoms with Crippen LogP contribution < -0.4 is 10.6 Å². The Bertz CT molecular complexity index is 874. The van der Waals surface area contributed by atoms with E-state index in [2.05, 4.69) is 30.8 Å². The summed E-state index contributed by atoms with van der Waals surface area (Å²) in [6, 6.07) is 5.49. The third-order valence-electron chi connectivity index (χ3n) is 6.80. The largest absolute Gasteiger partial charge is 0.355 e. The number of aromatic amines is 1. The number of carbonyl (C=O) groups is 2. The van der Waals surface area contributed by atoms with Crippen LogP contribution in [0.1, 0.15) is 44.9 Å². The van der Waals surface area contributed by atoms with Gasteiger partial charge in [-0.05, 0) is 68.4 Å². The quantitative estimate of drug-likeness (QED) is 0.697. The maximum Gasteiger partial charge on any atom is 0.249 e. The van der Waals surface area contributed by atoms with Crippen molar-refractivity contribution in [3.63, 3.8) is 0 Å². The summed E-state index contributed by atoms with van der Waals surface area (Å²) in [5.74, 6) is 2.83. The highest BCUT2D eigenvalue weighted by atomic mass is 16.2. The molecule has 4 aliphatic rings. The molecule has 4 bridgehead atoms. The van der Waals surface area contributed by atoms with E-state index in [1.165, 1.54) is 19.3 Å². The van der Waals surface area contributed by atoms with Crippen molar-refractivity contribution in [2.45, 2.75) is 44.9 Å². The first-order valence-corrected chi connectivity index (χ1v) is 10.5. The number of aromatic nitrogens is 4. The molecule has 2 aromatic rings. The first-order valence-electron chi connectivity index (χ1n) is 10.5. The van der Waals surface area contributed by atoms with Crippen molar-refractivity contribution < 1.29 is 9.59 Å². The summed E-state index contributed by atoms with van der Waals surface area (Å²) in [6.45, 7) is 0.337. The Morgan fingerprint density at radius 1 is 1.10 bits per heavy atom. The molecular weight excluding hydrogens is 368 g/mol. The molecule has 4 aliphatic carbocycles. The predicted octanol–water partition coefficient (Wildman–Crippen LogP) is 2.53. The number of rotatable bonds is 6. The van der Waals surface area contributed by atoms with Gasteiger partial charge in [-0.2, -0.15) is 4.98 Å². The number of anilines is 1. The lowest BCUT2D eigenvalue weighted by molar-refractivity contribution is -0.146.